The Morgan fingerprint density at radius 3 is 2.41 bits per heavy atom. The Morgan fingerprint density at radius 2 is 1.84 bits per heavy atom. The summed E-state index contributed by atoms with van der Waals surface area (Å²) in [5.41, 5.74) is 6.55. The number of aromatic carboxylic acids is 1. The molecule has 0 spiro atoms. The van der Waals surface area contributed by atoms with Crippen molar-refractivity contribution in [3.8, 4) is 5.88 Å². The molecule has 3 rings (SSSR count). The molecule has 1 aromatic heterocycles. The molecule has 0 saturated carbocycles. The van der Waals surface area contributed by atoms with Crippen molar-refractivity contribution in [1.82, 2.24) is 14.7 Å². The molecule has 3 aromatic rings. The topological polar surface area (TPSA) is 111 Å². The first-order valence-electron chi connectivity index (χ1n) is 9.94. The van der Waals surface area contributed by atoms with Crippen LogP contribution in [0.1, 0.15) is 32.8 Å². The van der Waals surface area contributed by atoms with Crippen LogP contribution in [0.15, 0.2) is 60.7 Å². The third kappa shape index (κ3) is 8.41. The van der Waals surface area contributed by atoms with Crippen LogP contribution in [0.2, 0.25) is 5.02 Å². The van der Waals surface area contributed by atoms with Crippen LogP contribution in [-0.2, 0) is 6.54 Å². The van der Waals surface area contributed by atoms with E-state index in [9.17, 15) is 14.7 Å². The van der Waals surface area contributed by atoms with Crippen LogP contribution in [0.4, 0.5) is 0 Å². The summed E-state index contributed by atoms with van der Waals surface area (Å²) in [5, 5.41) is 14.0. The van der Waals surface area contributed by atoms with E-state index in [1.54, 1.807) is 18.2 Å². The lowest BCUT2D eigenvalue weighted by molar-refractivity contribution is 0.0683. The highest BCUT2D eigenvalue weighted by atomic mass is 35.5. The molecule has 1 amide bonds. The summed E-state index contributed by atoms with van der Waals surface area (Å²) in [7, 11) is 3.99. The molecule has 1 heterocycles. The number of aromatic nitrogens is 2. The highest BCUT2D eigenvalue weighted by molar-refractivity contribution is 6.30. The van der Waals surface area contributed by atoms with Gasteiger partial charge in [0.1, 0.15) is 0 Å². The average molecular weight is 459 g/mol. The molecular weight excluding hydrogens is 432 g/mol. The van der Waals surface area contributed by atoms with Crippen molar-refractivity contribution in [2.45, 2.75) is 13.0 Å². The summed E-state index contributed by atoms with van der Waals surface area (Å²) < 4.78 is 7.00. The fourth-order valence-electron chi connectivity index (χ4n) is 2.71. The number of hydrogen-bond donors (Lipinski definition) is 2. The van der Waals surface area contributed by atoms with Gasteiger partial charge in [0.15, 0.2) is 5.69 Å². The van der Waals surface area contributed by atoms with Gasteiger partial charge in [0.25, 0.3) is 0 Å². The predicted octanol–water partition coefficient (Wildman–Crippen LogP) is 3.40. The van der Waals surface area contributed by atoms with Crippen LogP contribution < -0.4 is 10.5 Å². The summed E-state index contributed by atoms with van der Waals surface area (Å²) in [6, 6.07) is 17.6. The van der Waals surface area contributed by atoms with Crippen LogP contribution in [0, 0.1) is 0 Å². The number of carboxylic acids is 1. The van der Waals surface area contributed by atoms with Gasteiger partial charge < -0.3 is 20.5 Å². The Hall–Kier alpha value is -3.36. The highest BCUT2D eigenvalue weighted by Crippen LogP contribution is 2.14. The summed E-state index contributed by atoms with van der Waals surface area (Å²) in [5.74, 6) is -1.11. The largest absolute Gasteiger partial charge is 0.477 e. The molecule has 3 N–H and O–H groups in total. The zero-order chi connectivity index (χ0) is 23.5. The summed E-state index contributed by atoms with van der Waals surface area (Å²) in [6.07, 6.45) is 0.862. The minimum Gasteiger partial charge on any atom is -0.477 e. The van der Waals surface area contributed by atoms with Crippen molar-refractivity contribution < 1.29 is 19.4 Å². The maximum Gasteiger partial charge on any atom is 0.354 e. The molecule has 0 fully saturated rings. The number of carbonyl (C=O) groups is 2. The number of carbonyl (C=O) groups excluding carboxylic acids is 1. The van der Waals surface area contributed by atoms with Gasteiger partial charge in [-0.15, -0.1) is 5.10 Å². The van der Waals surface area contributed by atoms with E-state index in [-0.39, 0.29) is 5.69 Å². The first kappa shape index (κ1) is 24.9. The van der Waals surface area contributed by atoms with Gasteiger partial charge in [-0.05, 0) is 44.3 Å². The number of hydrogen-bond acceptors (Lipinski definition) is 5. The van der Waals surface area contributed by atoms with Crippen molar-refractivity contribution in [1.29, 1.82) is 0 Å². The van der Waals surface area contributed by atoms with Gasteiger partial charge in [0.2, 0.25) is 11.8 Å². The fourth-order valence-corrected chi connectivity index (χ4v) is 2.90. The molecule has 0 bridgehead atoms. The Kier molecular flexibility index (Phi) is 9.72. The quantitative estimate of drug-likeness (QED) is 0.475. The zero-order valence-electron chi connectivity index (χ0n) is 18.1. The second kappa shape index (κ2) is 12.5. The van der Waals surface area contributed by atoms with E-state index in [0.717, 1.165) is 18.5 Å². The summed E-state index contributed by atoms with van der Waals surface area (Å²) in [4.78, 5) is 23.9. The van der Waals surface area contributed by atoms with E-state index in [1.807, 2.05) is 44.4 Å². The van der Waals surface area contributed by atoms with Crippen molar-refractivity contribution in [3.63, 3.8) is 0 Å². The van der Waals surface area contributed by atoms with E-state index < -0.39 is 11.9 Å². The standard InChI is InChI=1S/C16H21N3O3.C7H6ClNO/c1-18(2)9-6-10-22-15-11-14(16(20)21)19(17-15)12-13-7-4-3-5-8-13;8-6-3-1-2-5(4-6)7(9)10/h3-5,7-8,11H,6,9-10,12H2,1-2H3,(H,20,21);1-4H,(H2,9,10). The molecule has 0 aliphatic rings. The average Bonchev–Trinajstić information content (AvgIpc) is 3.15. The van der Waals surface area contributed by atoms with Crippen LogP contribution in [0.25, 0.3) is 0 Å². The molecule has 0 radical (unpaired) electrons. The van der Waals surface area contributed by atoms with E-state index >= 15 is 0 Å². The number of benzene rings is 2. The van der Waals surface area contributed by atoms with Gasteiger partial charge in [0, 0.05) is 23.2 Å². The van der Waals surface area contributed by atoms with Gasteiger partial charge in [-0.2, -0.15) is 0 Å². The molecule has 0 aliphatic heterocycles. The lowest BCUT2D eigenvalue weighted by Crippen LogP contribution is -2.15. The number of nitrogens with zero attached hydrogens (tertiary/aromatic N) is 3. The van der Waals surface area contributed by atoms with Crippen LogP contribution >= 0.6 is 11.6 Å². The molecule has 32 heavy (non-hydrogen) atoms. The molecule has 0 atom stereocenters. The number of nitrogens with two attached hydrogens (primary N) is 1. The minimum atomic E-state index is -1.01. The predicted molar refractivity (Wildman–Crippen MR) is 123 cm³/mol. The fraction of sp³-hybridized carbons (Fsp3) is 0.261. The van der Waals surface area contributed by atoms with Crippen molar-refractivity contribution in [2.24, 2.45) is 5.73 Å². The molecule has 0 unspecified atom stereocenters. The lowest BCUT2D eigenvalue weighted by Gasteiger charge is -2.08. The maximum absolute atomic E-state index is 11.3. The second-order valence-electron chi connectivity index (χ2n) is 7.20. The molecule has 9 heteroatoms. The van der Waals surface area contributed by atoms with Gasteiger partial charge in [-0.3, -0.25) is 4.79 Å². The van der Waals surface area contributed by atoms with E-state index in [2.05, 4.69) is 10.00 Å². The van der Waals surface area contributed by atoms with Crippen molar-refractivity contribution >= 4 is 23.5 Å². The maximum atomic E-state index is 11.3. The van der Waals surface area contributed by atoms with E-state index in [0.29, 0.717) is 29.6 Å². The second-order valence-corrected chi connectivity index (χ2v) is 7.63. The molecular formula is C23H27ClN4O4. The van der Waals surface area contributed by atoms with E-state index in [4.69, 9.17) is 22.1 Å². The van der Waals surface area contributed by atoms with E-state index in [1.165, 1.54) is 16.8 Å². The lowest BCUT2D eigenvalue weighted by atomic mass is 10.2. The Labute approximate surface area is 192 Å². The Morgan fingerprint density at radius 1 is 1.12 bits per heavy atom. The number of ether oxygens (including phenoxy) is 1. The number of rotatable bonds is 9. The smallest absolute Gasteiger partial charge is 0.354 e. The van der Waals surface area contributed by atoms with Crippen molar-refractivity contribution in [3.05, 3.63) is 82.5 Å². The van der Waals surface area contributed by atoms with Gasteiger partial charge in [-0.1, -0.05) is 48.0 Å². The van der Waals surface area contributed by atoms with Crippen LogP contribution in [0.5, 0.6) is 5.88 Å². The van der Waals surface area contributed by atoms with Crippen molar-refractivity contribution in [2.75, 3.05) is 27.2 Å². The van der Waals surface area contributed by atoms with Gasteiger partial charge in [0.05, 0.1) is 13.2 Å². The third-order valence-corrected chi connectivity index (χ3v) is 4.50. The molecule has 8 nitrogen and oxygen atoms in total. The summed E-state index contributed by atoms with van der Waals surface area (Å²) in [6.45, 7) is 1.83. The Bertz CT molecular complexity index is 1020. The number of primary amides is 1. The number of amides is 1. The first-order valence-corrected chi connectivity index (χ1v) is 10.3. The molecule has 170 valence electrons. The van der Waals surface area contributed by atoms with Gasteiger partial charge in [-0.25, -0.2) is 9.48 Å². The normalized spacial score (nSPS) is 10.4. The summed E-state index contributed by atoms with van der Waals surface area (Å²) >= 11 is 5.58. The molecule has 0 saturated heterocycles. The van der Waals surface area contributed by atoms with Gasteiger partial charge >= 0.3 is 5.97 Å². The van der Waals surface area contributed by atoms with Crippen LogP contribution in [-0.4, -0.2) is 58.9 Å². The monoisotopic (exact) mass is 458 g/mol. The molecule has 0 aliphatic carbocycles. The number of halogens is 1. The minimum absolute atomic E-state index is 0.131. The van der Waals surface area contributed by atoms with Crippen LogP contribution in [0.3, 0.4) is 0 Å². The number of carboxylic acid groups (broad SMARTS) is 1. The SMILES string of the molecule is CN(C)CCCOc1cc(C(=O)O)n(Cc2ccccc2)n1.NC(=O)c1cccc(Cl)c1. The molecule has 2 aromatic carbocycles. The first-order chi connectivity index (χ1) is 15.3. The third-order valence-electron chi connectivity index (χ3n) is 4.26. The highest BCUT2D eigenvalue weighted by Gasteiger charge is 2.15. The zero-order valence-corrected chi connectivity index (χ0v) is 18.8. The Balaban J connectivity index is 0.000000303.